The van der Waals surface area contributed by atoms with Crippen molar-refractivity contribution in [2.75, 3.05) is 37.7 Å². The zero-order chi connectivity index (χ0) is 31.1. The number of aromatic nitrogens is 2. The van der Waals surface area contributed by atoms with Crippen molar-refractivity contribution < 1.29 is 24.5 Å². The third-order valence-electron chi connectivity index (χ3n) is 10.7. The zero-order valence-electron chi connectivity index (χ0n) is 26.0. The summed E-state index contributed by atoms with van der Waals surface area (Å²) < 4.78 is 5.06. The molecule has 1 unspecified atom stereocenters. The minimum atomic E-state index is -0.404. The molecule has 7 rings (SSSR count). The van der Waals surface area contributed by atoms with Gasteiger partial charge in [-0.05, 0) is 104 Å². The molecule has 1 aromatic carbocycles. The number of ether oxygens (including phenoxy) is 1. The van der Waals surface area contributed by atoms with Crippen LogP contribution in [-0.2, 0) is 24.2 Å². The number of carbonyl (C=O) groups is 2. The number of aliphatic hydroxyl groups excluding tert-OH is 2. The van der Waals surface area contributed by atoms with E-state index in [1.54, 1.807) is 12.3 Å². The summed E-state index contributed by atoms with van der Waals surface area (Å²) in [5, 5.41) is 24.6. The van der Waals surface area contributed by atoms with E-state index >= 15 is 0 Å². The molecule has 0 radical (unpaired) electrons. The maximum Gasteiger partial charge on any atom is 0.415 e. The molecule has 238 valence electrons. The topological polar surface area (TPSA) is 128 Å². The highest BCUT2D eigenvalue weighted by Gasteiger charge is 2.46. The molecule has 2 aromatic heterocycles. The average molecular weight is 614 g/mol. The van der Waals surface area contributed by atoms with Crippen molar-refractivity contribution in [2.24, 2.45) is 11.3 Å². The number of aryl methyl sites for hydroxylation is 1. The Bertz CT molecular complexity index is 1580. The molecule has 0 bridgehead atoms. The summed E-state index contributed by atoms with van der Waals surface area (Å²) in [7, 11) is 0. The molecule has 4 heterocycles. The lowest BCUT2D eigenvalue weighted by atomic mass is 9.75. The first-order chi connectivity index (χ1) is 21.8. The second-order valence-corrected chi connectivity index (χ2v) is 13.6. The molecule has 2 saturated heterocycles. The molecule has 4 aliphatic rings. The number of nitrogens with zero attached hydrogens (tertiary/aromatic N) is 4. The molecule has 10 nitrogen and oxygen atoms in total. The highest BCUT2D eigenvalue weighted by atomic mass is 16.6. The average Bonchev–Trinajstić information content (AvgIpc) is 3.67. The van der Waals surface area contributed by atoms with Crippen LogP contribution in [0.1, 0.15) is 84.2 Å². The number of amides is 2. The van der Waals surface area contributed by atoms with Crippen molar-refractivity contribution in [1.82, 2.24) is 20.2 Å². The van der Waals surface area contributed by atoms with Crippen LogP contribution < -0.4 is 10.2 Å². The molecule has 0 spiro atoms. The van der Waals surface area contributed by atoms with E-state index in [0.717, 1.165) is 79.5 Å². The van der Waals surface area contributed by atoms with Gasteiger partial charge in [-0.3, -0.25) is 14.7 Å². The molecule has 45 heavy (non-hydrogen) atoms. The Hall–Kier alpha value is -3.60. The van der Waals surface area contributed by atoms with Gasteiger partial charge in [0.15, 0.2) is 0 Å². The summed E-state index contributed by atoms with van der Waals surface area (Å²) >= 11 is 0. The smallest absolute Gasteiger partial charge is 0.415 e. The minimum Gasteiger partial charge on any atom is -0.447 e. The minimum absolute atomic E-state index is 0.0778. The molecule has 2 atom stereocenters. The fourth-order valence-corrected chi connectivity index (χ4v) is 7.44. The van der Waals surface area contributed by atoms with E-state index in [-0.39, 0.29) is 24.7 Å². The van der Waals surface area contributed by atoms with Crippen molar-refractivity contribution >= 4 is 28.7 Å². The van der Waals surface area contributed by atoms with Crippen LogP contribution in [0.3, 0.4) is 0 Å². The summed E-state index contributed by atoms with van der Waals surface area (Å²) in [6, 6.07) is 9.00. The number of nitrogens with one attached hydrogen (secondary N) is 1. The number of hydrogen-bond acceptors (Lipinski definition) is 8. The number of likely N-dealkylation sites (tertiary alicyclic amines) is 1. The third-order valence-corrected chi connectivity index (χ3v) is 10.7. The van der Waals surface area contributed by atoms with Gasteiger partial charge in [-0.1, -0.05) is 13.0 Å². The van der Waals surface area contributed by atoms with Gasteiger partial charge < -0.3 is 25.2 Å². The second-order valence-electron chi connectivity index (χ2n) is 13.6. The molecule has 3 N–H and O–H groups in total. The van der Waals surface area contributed by atoms with Gasteiger partial charge >= 0.3 is 6.09 Å². The van der Waals surface area contributed by atoms with Crippen LogP contribution in [0.25, 0.3) is 10.9 Å². The Morgan fingerprint density at radius 1 is 1.16 bits per heavy atom. The Balaban J connectivity index is 1.14. The number of fused-ring (bicyclic) bond motifs is 2. The van der Waals surface area contributed by atoms with Gasteiger partial charge in [0, 0.05) is 42.5 Å². The summed E-state index contributed by atoms with van der Waals surface area (Å²) in [6.07, 6.45) is 8.81. The lowest BCUT2D eigenvalue weighted by Crippen LogP contribution is -2.38. The Kier molecular flexibility index (Phi) is 8.22. The summed E-state index contributed by atoms with van der Waals surface area (Å²) in [5.41, 5.74) is 5.77. The number of cyclic esters (lactones) is 1. The number of aliphatic hydroxyl groups is 2. The SMILES string of the molecule is CC1(C2CCc3nc4ccc(C(=O)N[C@H](CCN5CCC(O)CC5)c5ccc(N6CCOC6=O)nc5)cc4c(CO)c3C2)CC1. The van der Waals surface area contributed by atoms with Crippen LogP contribution in [0.2, 0.25) is 0 Å². The standard InChI is InChI=1S/C35H43N5O5/c1-35(11-12-35)24-4-6-31-27(19-24)28(21-41)26-18-22(2-5-30(26)37-31)33(43)38-29(10-15-39-13-8-25(42)9-14-39)23-3-7-32(36-20-23)40-16-17-45-34(40)44/h2-3,5,7,18,20,24-25,29,41-42H,4,6,8-17,19,21H2,1H3,(H,38,43)/t24?,29-/m1/s1. The van der Waals surface area contributed by atoms with E-state index in [9.17, 15) is 19.8 Å². The van der Waals surface area contributed by atoms with Crippen LogP contribution in [-0.4, -0.2) is 76.0 Å². The van der Waals surface area contributed by atoms with Crippen LogP contribution in [0.5, 0.6) is 0 Å². The molecule has 2 aliphatic heterocycles. The number of piperidine rings is 1. The van der Waals surface area contributed by atoms with E-state index in [4.69, 9.17) is 9.72 Å². The van der Waals surface area contributed by atoms with Crippen LogP contribution in [0.15, 0.2) is 36.5 Å². The number of pyridine rings is 2. The lowest BCUT2D eigenvalue weighted by Gasteiger charge is -2.31. The van der Waals surface area contributed by atoms with Crippen LogP contribution in [0, 0.1) is 11.3 Å². The maximum absolute atomic E-state index is 13.8. The number of hydrogen-bond donors (Lipinski definition) is 3. The Morgan fingerprint density at radius 2 is 1.98 bits per heavy atom. The predicted octanol–water partition coefficient (Wildman–Crippen LogP) is 4.30. The van der Waals surface area contributed by atoms with Gasteiger partial charge in [0.05, 0.1) is 30.8 Å². The van der Waals surface area contributed by atoms with Crippen LogP contribution >= 0.6 is 0 Å². The van der Waals surface area contributed by atoms with Gasteiger partial charge in [0.2, 0.25) is 0 Å². The van der Waals surface area contributed by atoms with Gasteiger partial charge in [0.1, 0.15) is 12.4 Å². The molecule has 1 saturated carbocycles. The summed E-state index contributed by atoms with van der Waals surface area (Å²) in [4.78, 5) is 39.2. The Labute approximate surface area is 263 Å². The van der Waals surface area contributed by atoms with E-state index in [2.05, 4.69) is 22.1 Å². The van der Waals surface area contributed by atoms with Gasteiger partial charge in [-0.15, -0.1) is 0 Å². The number of anilines is 1. The van der Waals surface area contributed by atoms with E-state index in [1.165, 1.54) is 23.3 Å². The molecular weight excluding hydrogens is 570 g/mol. The molecule has 3 fully saturated rings. The van der Waals surface area contributed by atoms with Crippen molar-refractivity contribution in [3.8, 4) is 0 Å². The van der Waals surface area contributed by atoms with E-state index in [1.807, 2.05) is 24.3 Å². The third kappa shape index (κ3) is 6.15. The fourth-order valence-electron chi connectivity index (χ4n) is 7.44. The number of rotatable bonds is 9. The zero-order valence-corrected chi connectivity index (χ0v) is 26.0. The first kappa shape index (κ1) is 30.1. The van der Waals surface area contributed by atoms with Crippen molar-refractivity contribution in [2.45, 2.75) is 77.0 Å². The molecular formula is C35H43N5O5. The van der Waals surface area contributed by atoms with Crippen molar-refractivity contribution in [3.05, 3.63) is 64.5 Å². The number of carbonyl (C=O) groups excluding carboxylic acids is 2. The van der Waals surface area contributed by atoms with Crippen LogP contribution in [0.4, 0.5) is 10.6 Å². The predicted molar refractivity (Wildman–Crippen MR) is 170 cm³/mol. The van der Waals surface area contributed by atoms with E-state index < -0.39 is 6.09 Å². The van der Waals surface area contributed by atoms with Crippen molar-refractivity contribution in [1.29, 1.82) is 0 Å². The largest absolute Gasteiger partial charge is 0.447 e. The number of benzene rings is 1. The lowest BCUT2D eigenvalue weighted by molar-refractivity contribution is 0.0795. The highest BCUT2D eigenvalue weighted by Crippen LogP contribution is 2.55. The fraction of sp³-hybridized carbons (Fsp3) is 0.543. The summed E-state index contributed by atoms with van der Waals surface area (Å²) in [5.74, 6) is 0.936. The Morgan fingerprint density at radius 3 is 2.67 bits per heavy atom. The van der Waals surface area contributed by atoms with Gasteiger partial charge in [-0.2, -0.15) is 0 Å². The molecule has 3 aromatic rings. The monoisotopic (exact) mass is 613 g/mol. The first-order valence-corrected chi connectivity index (χ1v) is 16.5. The highest BCUT2D eigenvalue weighted by molar-refractivity contribution is 5.99. The second kappa shape index (κ2) is 12.3. The maximum atomic E-state index is 13.8. The molecule has 2 amide bonds. The normalized spacial score (nSPS) is 22.2. The summed E-state index contributed by atoms with van der Waals surface area (Å²) in [6.45, 7) is 5.51. The molecule has 10 heteroatoms. The molecule has 2 aliphatic carbocycles. The van der Waals surface area contributed by atoms with Crippen molar-refractivity contribution in [3.63, 3.8) is 0 Å². The quantitative estimate of drug-likeness (QED) is 0.326. The first-order valence-electron chi connectivity index (χ1n) is 16.5. The van der Waals surface area contributed by atoms with Gasteiger partial charge in [0.25, 0.3) is 5.91 Å². The van der Waals surface area contributed by atoms with E-state index in [0.29, 0.717) is 42.3 Å². The van der Waals surface area contributed by atoms with Gasteiger partial charge in [-0.25, -0.2) is 9.78 Å².